The van der Waals surface area contributed by atoms with E-state index >= 15 is 0 Å². The third kappa shape index (κ3) is 3.22. The van der Waals surface area contributed by atoms with Gasteiger partial charge >= 0.3 is 5.69 Å². The summed E-state index contributed by atoms with van der Waals surface area (Å²) in [6, 6.07) is 5.45. The van der Waals surface area contributed by atoms with Gasteiger partial charge in [0, 0.05) is 18.7 Å². The molecule has 0 heterocycles. The molecule has 5 nitrogen and oxygen atoms in total. The zero-order chi connectivity index (χ0) is 13.0. The highest BCUT2D eigenvalue weighted by Crippen LogP contribution is 2.28. The quantitative estimate of drug-likeness (QED) is 0.472. The summed E-state index contributed by atoms with van der Waals surface area (Å²) in [6.45, 7) is 0.718. The number of hydrogen-bond acceptors (Lipinski definition) is 4. The summed E-state index contributed by atoms with van der Waals surface area (Å²) in [5, 5.41) is 14.2. The van der Waals surface area contributed by atoms with E-state index in [4.69, 9.17) is 11.2 Å². The molecule has 0 atom stereocenters. The van der Waals surface area contributed by atoms with Crippen LogP contribution in [0.5, 0.6) is 5.75 Å². The Balaban J connectivity index is 2.11. The van der Waals surface area contributed by atoms with E-state index in [9.17, 15) is 10.1 Å². The van der Waals surface area contributed by atoms with Crippen molar-refractivity contribution in [1.29, 1.82) is 0 Å². The van der Waals surface area contributed by atoms with E-state index < -0.39 is 4.92 Å². The zero-order valence-electron chi connectivity index (χ0n) is 9.89. The van der Waals surface area contributed by atoms with Crippen molar-refractivity contribution in [3.8, 4) is 18.1 Å². The van der Waals surface area contributed by atoms with Crippen molar-refractivity contribution in [1.82, 2.24) is 5.32 Å². The first-order chi connectivity index (χ1) is 8.70. The van der Waals surface area contributed by atoms with Crippen LogP contribution < -0.4 is 10.1 Å². The lowest BCUT2D eigenvalue weighted by Crippen LogP contribution is -2.15. The van der Waals surface area contributed by atoms with Gasteiger partial charge in [0.1, 0.15) is 6.61 Å². The molecule has 1 saturated carbocycles. The van der Waals surface area contributed by atoms with Crippen molar-refractivity contribution in [3.63, 3.8) is 0 Å². The Morgan fingerprint density at radius 1 is 1.56 bits per heavy atom. The van der Waals surface area contributed by atoms with Gasteiger partial charge in [-0.2, -0.15) is 0 Å². The summed E-state index contributed by atoms with van der Waals surface area (Å²) < 4.78 is 5.21. The molecule has 94 valence electrons. The monoisotopic (exact) mass is 246 g/mol. The van der Waals surface area contributed by atoms with Gasteiger partial charge in [0.05, 0.1) is 4.92 Å². The van der Waals surface area contributed by atoms with Crippen LogP contribution in [0.4, 0.5) is 5.69 Å². The standard InChI is InChI=1S/C13H14N2O3/c1-2-7-18-13-8-10(9-14-11-4-5-11)3-6-12(13)15(16)17/h1,3,6,8,11,14H,4-5,7,9H2. The Kier molecular flexibility index (Phi) is 3.80. The highest BCUT2D eigenvalue weighted by atomic mass is 16.6. The molecule has 0 aromatic heterocycles. The van der Waals surface area contributed by atoms with E-state index in [1.54, 1.807) is 12.1 Å². The van der Waals surface area contributed by atoms with Crippen LogP contribution in [0.3, 0.4) is 0 Å². The normalized spacial score (nSPS) is 13.9. The predicted molar refractivity (Wildman–Crippen MR) is 67.3 cm³/mol. The number of benzene rings is 1. The van der Waals surface area contributed by atoms with Gasteiger partial charge in [-0.25, -0.2) is 0 Å². The zero-order valence-corrected chi connectivity index (χ0v) is 9.89. The Hall–Kier alpha value is -2.06. The van der Waals surface area contributed by atoms with Crippen LogP contribution >= 0.6 is 0 Å². The van der Waals surface area contributed by atoms with Gasteiger partial charge in [-0.05, 0) is 24.5 Å². The molecule has 0 amide bonds. The van der Waals surface area contributed by atoms with Crippen molar-refractivity contribution in [3.05, 3.63) is 33.9 Å². The number of nitrogens with zero attached hydrogens (tertiary/aromatic N) is 1. The molecule has 1 aromatic carbocycles. The van der Waals surface area contributed by atoms with E-state index in [-0.39, 0.29) is 18.0 Å². The fourth-order valence-electron chi connectivity index (χ4n) is 1.60. The summed E-state index contributed by atoms with van der Waals surface area (Å²) in [7, 11) is 0. The van der Waals surface area contributed by atoms with E-state index in [2.05, 4.69) is 11.2 Å². The lowest BCUT2D eigenvalue weighted by Gasteiger charge is -2.07. The molecule has 0 bridgehead atoms. The Morgan fingerprint density at radius 2 is 2.33 bits per heavy atom. The molecular weight excluding hydrogens is 232 g/mol. The summed E-state index contributed by atoms with van der Waals surface area (Å²) in [4.78, 5) is 10.4. The number of nitro benzene ring substituents is 1. The highest BCUT2D eigenvalue weighted by molar-refractivity contribution is 5.48. The summed E-state index contributed by atoms with van der Waals surface area (Å²) in [6.07, 6.45) is 7.49. The molecule has 0 radical (unpaired) electrons. The fraction of sp³-hybridized carbons (Fsp3) is 0.385. The van der Waals surface area contributed by atoms with Crippen LogP contribution in [0.2, 0.25) is 0 Å². The summed E-state index contributed by atoms with van der Waals surface area (Å²) in [5.74, 6) is 2.53. The molecule has 2 rings (SSSR count). The highest BCUT2D eigenvalue weighted by Gasteiger charge is 2.21. The third-order valence-electron chi connectivity index (χ3n) is 2.70. The van der Waals surface area contributed by atoms with E-state index in [0.29, 0.717) is 12.6 Å². The molecule has 0 spiro atoms. The second-order valence-corrected chi connectivity index (χ2v) is 4.21. The lowest BCUT2D eigenvalue weighted by atomic mass is 10.2. The number of hydrogen-bond donors (Lipinski definition) is 1. The maximum Gasteiger partial charge on any atom is 0.310 e. The first-order valence-electron chi connectivity index (χ1n) is 5.77. The molecule has 1 fully saturated rings. The maximum absolute atomic E-state index is 10.8. The second kappa shape index (κ2) is 5.52. The largest absolute Gasteiger partial charge is 0.474 e. The molecule has 1 aliphatic rings. The van der Waals surface area contributed by atoms with Gasteiger partial charge in [-0.1, -0.05) is 12.0 Å². The number of nitrogens with one attached hydrogen (secondary N) is 1. The molecule has 1 aromatic rings. The van der Waals surface area contributed by atoms with Crippen molar-refractivity contribution in [2.24, 2.45) is 0 Å². The average Bonchev–Trinajstić information content (AvgIpc) is 3.17. The van der Waals surface area contributed by atoms with Crippen molar-refractivity contribution in [2.45, 2.75) is 25.4 Å². The van der Waals surface area contributed by atoms with Gasteiger partial charge in [0.2, 0.25) is 0 Å². The van der Waals surface area contributed by atoms with Crippen LogP contribution in [0, 0.1) is 22.5 Å². The molecule has 1 N–H and O–H groups in total. The molecule has 0 saturated heterocycles. The van der Waals surface area contributed by atoms with Crippen molar-refractivity contribution in [2.75, 3.05) is 6.61 Å². The maximum atomic E-state index is 10.8. The number of ether oxygens (including phenoxy) is 1. The minimum Gasteiger partial charge on any atom is -0.474 e. The number of nitro groups is 1. The second-order valence-electron chi connectivity index (χ2n) is 4.21. The molecule has 0 unspecified atom stereocenters. The molecule has 0 aliphatic heterocycles. The third-order valence-corrected chi connectivity index (χ3v) is 2.70. The first-order valence-corrected chi connectivity index (χ1v) is 5.77. The Bertz CT molecular complexity index is 489. The van der Waals surface area contributed by atoms with Gasteiger partial charge < -0.3 is 10.1 Å². The van der Waals surface area contributed by atoms with Gasteiger partial charge in [0.15, 0.2) is 5.75 Å². The molecule has 5 heteroatoms. The lowest BCUT2D eigenvalue weighted by molar-refractivity contribution is -0.385. The molecular formula is C13H14N2O3. The smallest absolute Gasteiger partial charge is 0.310 e. The van der Waals surface area contributed by atoms with E-state index in [1.165, 1.54) is 18.9 Å². The average molecular weight is 246 g/mol. The Labute approximate surface area is 105 Å². The predicted octanol–water partition coefficient (Wildman–Crippen LogP) is 1.86. The van der Waals surface area contributed by atoms with Crippen molar-refractivity contribution < 1.29 is 9.66 Å². The number of rotatable bonds is 6. The first kappa shape index (κ1) is 12.4. The van der Waals surface area contributed by atoms with Crippen LogP contribution in [0.15, 0.2) is 18.2 Å². The van der Waals surface area contributed by atoms with Crippen molar-refractivity contribution >= 4 is 5.69 Å². The fourth-order valence-corrected chi connectivity index (χ4v) is 1.60. The van der Waals surface area contributed by atoms with Crippen LogP contribution in [0.25, 0.3) is 0 Å². The van der Waals surface area contributed by atoms with Crippen LogP contribution in [-0.4, -0.2) is 17.6 Å². The van der Waals surface area contributed by atoms with Gasteiger partial charge in [-0.15, -0.1) is 6.42 Å². The van der Waals surface area contributed by atoms with Gasteiger partial charge in [0.25, 0.3) is 0 Å². The van der Waals surface area contributed by atoms with E-state index in [0.717, 1.165) is 5.56 Å². The Morgan fingerprint density at radius 3 is 2.94 bits per heavy atom. The molecule has 1 aliphatic carbocycles. The summed E-state index contributed by atoms with van der Waals surface area (Å²) >= 11 is 0. The SMILES string of the molecule is C#CCOc1cc(CNC2CC2)ccc1[N+](=O)[O-]. The van der Waals surface area contributed by atoms with Crippen LogP contribution in [-0.2, 0) is 6.54 Å². The van der Waals surface area contributed by atoms with Gasteiger partial charge in [-0.3, -0.25) is 10.1 Å². The number of terminal acetylenes is 1. The molecule has 18 heavy (non-hydrogen) atoms. The minimum atomic E-state index is -0.468. The topological polar surface area (TPSA) is 64.4 Å². The van der Waals surface area contributed by atoms with Crippen LogP contribution in [0.1, 0.15) is 18.4 Å². The van der Waals surface area contributed by atoms with E-state index in [1.807, 2.05) is 0 Å². The summed E-state index contributed by atoms with van der Waals surface area (Å²) in [5.41, 5.74) is 0.903. The minimum absolute atomic E-state index is 0.0281.